The zero-order valence-corrected chi connectivity index (χ0v) is 5.16. The van der Waals surface area contributed by atoms with E-state index in [1.165, 1.54) is 0 Å². The summed E-state index contributed by atoms with van der Waals surface area (Å²) in [4.78, 5) is 0. The SMILES string of the molecule is CCc1nnc(CO)o1. The van der Waals surface area contributed by atoms with Crippen LogP contribution in [0.5, 0.6) is 0 Å². The number of nitrogens with zero attached hydrogens (tertiary/aromatic N) is 2. The van der Waals surface area contributed by atoms with Crippen molar-refractivity contribution in [3.8, 4) is 0 Å². The first-order valence-electron chi connectivity index (χ1n) is 2.79. The van der Waals surface area contributed by atoms with Gasteiger partial charge in [-0.25, -0.2) is 0 Å². The maximum atomic E-state index is 8.45. The maximum Gasteiger partial charge on any atom is 0.241 e. The van der Waals surface area contributed by atoms with E-state index >= 15 is 0 Å². The van der Waals surface area contributed by atoms with Gasteiger partial charge < -0.3 is 9.52 Å². The minimum absolute atomic E-state index is 0.174. The fourth-order valence-electron chi connectivity index (χ4n) is 0.495. The Bertz CT molecular complexity index is 166. The molecule has 1 aromatic heterocycles. The predicted molar refractivity (Wildman–Crippen MR) is 29.6 cm³/mol. The van der Waals surface area contributed by atoms with Gasteiger partial charge in [-0.05, 0) is 0 Å². The molecule has 4 heteroatoms. The second-order valence-electron chi connectivity index (χ2n) is 1.60. The molecule has 0 amide bonds. The van der Waals surface area contributed by atoms with Crippen molar-refractivity contribution in [1.82, 2.24) is 10.2 Å². The van der Waals surface area contributed by atoms with Crippen LogP contribution in [0.3, 0.4) is 0 Å². The molecule has 1 aromatic rings. The monoisotopic (exact) mass is 128 g/mol. The van der Waals surface area contributed by atoms with Crippen LogP contribution < -0.4 is 0 Å². The van der Waals surface area contributed by atoms with Crippen LogP contribution in [-0.4, -0.2) is 15.3 Å². The Hall–Kier alpha value is -0.900. The van der Waals surface area contributed by atoms with E-state index in [0.717, 1.165) is 0 Å². The minimum Gasteiger partial charge on any atom is -0.423 e. The fourth-order valence-corrected chi connectivity index (χ4v) is 0.495. The predicted octanol–water partition coefficient (Wildman–Crippen LogP) is 0.124. The Balaban J connectivity index is 2.74. The molecule has 4 nitrogen and oxygen atoms in total. The Labute approximate surface area is 52.5 Å². The Morgan fingerprint density at radius 2 is 2.11 bits per heavy atom. The molecule has 0 bridgehead atoms. The molecule has 0 fully saturated rings. The molecule has 0 aliphatic heterocycles. The van der Waals surface area contributed by atoms with Crippen LogP contribution >= 0.6 is 0 Å². The van der Waals surface area contributed by atoms with Gasteiger partial charge >= 0.3 is 0 Å². The summed E-state index contributed by atoms with van der Waals surface area (Å²) in [5.41, 5.74) is 0. The fraction of sp³-hybridized carbons (Fsp3) is 0.600. The van der Waals surface area contributed by atoms with Crippen molar-refractivity contribution in [1.29, 1.82) is 0 Å². The number of hydrogen-bond acceptors (Lipinski definition) is 4. The summed E-state index contributed by atoms with van der Waals surface area (Å²) in [6, 6.07) is 0. The third-order valence-corrected chi connectivity index (χ3v) is 0.946. The highest BCUT2D eigenvalue weighted by Crippen LogP contribution is 1.98. The third-order valence-electron chi connectivity index (χ3n) is 0.946. The summed E-state index contributed by atoms with van der Waals surface area (Å²) in [5.74, 6) is 0.853. The van der Waals surface area contributed by atoms with Crippen LogP contribution in [0.2, 0.25) is 0 Å². The van der Waals surface area contributed by atoms with Crippen molar-refractivity contribution in [2.75, 3.05) is 0 Å². The van der Waals surface area contributed by atoms with Crippen molar-refractivity contribution in [3.63, 3.8) is 0 Å². The lowest BCUT2D eigenvalue weighted by Gasteiger charge is -1.81. The van der Waals surface area contributed by atoms with E-state index in [2.05, 4.69) is 10.2 Å². The maximum absolute atomic E-state index is 8.45. The first-order valence-corrected chi connectivity index (χ1v) is 2.79. The van der Waals surface area contributed by atoms with Crippen molar-refractivity contribution < 1.29 is 9.52 Å². The van der Waals surface area contributed by atoms with E-state index in [0.29, 0.717) is 12.3 Å². The van der Waals surface area contributed by atoms with E-state index in [1.807, 2.05) is 6.92 Å². The third kappa shape index (κ3) is 1.26. The molecule has 50 valence electrons. The molecule has 0 unspecified atom stereocenters. The second kappa shape index (κ2) is 2.59. The molecule has 9 heavy (non-hydrogen) atoms. The molecular formula is C5H8N2O2. The molecule has 0 saturated carbocycles. The number of rotatable bonds is 2. The number of hydrogen-bond donors (Lipinski definition) is 1. The van der Waals surface area contributed by atoms with Crippen LogP contribution in [0.25, 0.3) is 0 Å². The molecule has 1 N–H and O–H groups in total. The highest BCUT2D eigenvalue weighted by atomic mass is 16.4. The van der Waals surface area contributed by atoms with Crippen LogP contribution in [0.1, 0.15) is 18.7 Å². The molecule has 0 saturated heterocycles. The van der Waals surface area contributed by atoms with Crippen LogP contribution in [0.15, 0.2) is 4.42 Å². The summed E-state index contributed by atoms with van der Waals surface area (Å²) in [6.45, 7) is 1.74. The highest BCUT2D eigenvalue weighted by Gasteiger charge is 1.99. The molecule has 1 rings (SSSR count). The normalized spacial score (nSPS) is 10.0. The van der Waals surface area contributed by atoms with Gasteiger partial charge in [0, 0.05) is 6.42 Å². The Morgan fingerprint density at radius 1 is 1.44 bits per heavy atom. The van der Waals surface area contributed by atoms with Gasteiger partial charge in [-0.3, -0.25) is 0 Å². The first-order chi connectivity index (χ1) is 4.36. The van der Waals surface area contributed by atoms with Crippen LogP contribution in [0.4, 0.5) is 0 Å². The van der Waals surface area contributed by atoms with Gasteiger partial charge in [-0.1, -0.05) is 6.92 Å². The summed E-state index contributed by atoms with van der Waals surface area (Å²) in [5, 5.41) is 15.6. The molecule has 0 spiro atoms. The summed E-state index contributed by atoms with van der Waals surface area (Å²) in [6.07, 6.45) is 0.715. The van der Waals surface area contributed by atoms with E-state index in [-0.39, 0.29) is 12.5 Å². The summed E-state index contributed by atoms with van der Waals surface area (Å²) in [7, 11) is 0. The largest absolute Gasteiger partial charge is 0.423 e. The number of aryl methyl sites for hydroxylation is 1. The van der Waals surface area contributed by atoms with Crippen molar-refractivity contribution in [3.05, 3.63) is 11.8 Å². The number of aliphatic hydroxyl groups excluding tert-OH is 1. The summed E-state index contributed by atoms with van der Waals surface area (Å²) >= 11 is 0. The zero-order chi connectivity index (χ0) is 6.69. The van der Waals surface area contributed by atoms with Gasteiger partial charge in [-0.2, -0.15) is 0 Å². The molecule has 0 radical (unpaired) electrons. The van der Waals surface area contributed by atoms with Crippen molar-refractivity contribution in [2.45, 2.75) is 20.0 Å². The van der Waals surface area contributed by atoms with E-state index in [4.69, 9.17) is 9.52 Å². The number of aliphatic hydroxyl groups is 1. The molecule has 0 aliphatic carbocycles. The lowest BCUT2D eigenvalue weighted by molar-refractivity contribution is 0.237. The van der Waals surface area contributed by atoms with Crippen molar-refractivity contribution in [2.24, 2.45) is 0 Å². The van der Waals surface area contributed by atoms with Gasteiger partial charge in [0.15, 0.2) is 0 Å². The first kappa shape index (κ1) is 6.22. The second-order valence-corrected chi connectivity index (χ2v) is 1.60. The minimum atomic E-state index is -0.174. The average molecular weight is 128 g/mol. The van der Waals surface area contributed by atoms with E-state index < -0.39 is 0 Å². The van der Waals surface area contributed by atoms with Crippen molar-refractivity contribution >= 4 is 0 Å². The van der Waals surface area contributed by atoms with Gasteiger partial charge in [0.2, 0.25) is 11.8 Å². The van der Waals surface area contributed by atoms with Gasteiger partial charge in [-0.15, -0.1) is 10.2 Å². The van der Waals surface area contributed by atoms with Gasteiger partial charge in [0.05, 0.1) is 0 Å². The topological polar surface area (TPSA) is 59.2 Å². The average Bonchev–Trinajstić information content (AvgIpc) is 2.34. The lowest BCUT2D eigenvalue weighted by atomic mass is 10.5. The molecule has 0 aromatic carbocycles. The standard InChI is InChI=1S/C5H8N2O2/c1-2-4-6-7-5(3-8)9-4/h8H,2-3H2,1H3. The zero-order valence-electron chi connectivity index (χ0n) is 5.16. The highest BCUT2D eigenvalue weighted by molar-refractivity contribution is 4.77. The van der Waals surface area contributed by atoms with E-state index in [1.54, 1.807) is 0 Å². The molecule has 1 heterocycles. The van der Waals surface area contributed by atoms with Gasteiger partial charge in [0.1, 0.15) is 6.61 Å². The molecular weight excluding hydrogens is 120 g/mol. The van der Waals surface area contributed by atoms with Crippen LogP contribution in [-0.2, 0) is 13.0 Å². The van der Waals surface area contributed by atoms with Gasteiger partial charge in [0.25, 0.3) is 0 Å². The quantitative estimate of drug-likeness (QED) is 0.614. The summed E-state index contributed by atoms with van der Waals surface area (Å²) < 4.78 is 4.91. The van der Waals surface area contributed by atoms with Crippen LogP contribution in [0, 0.1) is 0 Å². The Morgan fingerprint density at radius 3 is 2.44 bits per heavy atom. The smallest absolute Gasteiger partial charge is 0.241 e. The number of aromatic nitrogens is 2. The lowest BCUT2D eigenvalue weighted by Crippen LogP contribution is -1.79. The molecule has 0 aliphatic rings. The molecule has 0 atom stereocenters. The van der Waals surface area contributed by atoms with E-state index in [9.17, 15) is 0 Å². The Kier molecular flexibility index (Phi) is 1.79.